The van der Waals surface area contributed by atoms with E-state index < -0.39 is 0 Å². The zero-order valence-corrected chi connectivity index (χ0v) is 14.3. The van der Waals surface area contributed by atoms with Crippen LogP contribution in [0.5, 0.6) is 0 Å². The van der Waals surface area contributed by atoms with Crippen LogP contribution in [0.15, 0.2) is 17.5 Å². The monoisotopic (exact) mass is 312 g/mol. The molecule has 1 atom stereocenters. The van der Waals surface area contributed by atoms with E-state index in [4.69, 9.17) is 5.11 Å². The minimum Gasteiger partial charge on any atom is -0.396 e. The third-order valence-electron chi connectivity index (χ3n) is 3.51. The van der Waals surface area contributed by atoms with Gasteiger partial charge < -0.3 is 10.4 Å². The maximum absolute atomic E-state index is 12.3. The summed E-state index contributed by atoms with van der Waals surface area (Å²) in [4.78, 5) is 15.6. The maximum atomic E-state index is 12.3. The average molecular weight is 312 g/mol. The first-order valence-electron chi connectivity index (χ1n) is 7.63. The predicted octanol–water partition coefficient (Wildman–Crippen LogP) is 2.65. The van der Waals surface area contributed by atoms with Crippen molar-refractivity contribution in [3.63, 3.8) is 0 Å². The summed E-state index contributed by atoms with van der Waals surface area (Å²) in [5, 5.41) is 14.1. The van der Waals surface area contributed by atoms with Gasteiger partial charge in [0.25, 0.3) is 0 Å². The molecule has 4 nitrogen and oxygen atoms in total. The molecule has 0 radical (unpaired) electrons. The lowest BCUT2D eigenvalue weighted by Crippen LogP contribution is -2.43. The number of rotatable bonds is 9. The average Bonchev–Trinajstić information content (AvgIpc) is 2.93. The Morgan fingerprint density at radius 3 is 2.57 bits per heavy atom. The zero-order chi connectivity index (χ0) is 15.8. The van der Waals surface area contributed by atoms with E-state index in [-0.39, 0.29) is 18.6 Å². The van der Waals surface area contributed by atoms with Crippen molar-refractivity contribution in [1.82, 2.24) is 10.2 Å². The Hall–Kier alpha value is -0.910. The smallest absolute Gasteiger partial charge is 0.234 e. The molecule has 1 aromatic rings. The number of carbonyl (C=O) groups is 1. The van der Waals surface area contributed by atoms with Crippen molar-refractivity contribution in [2.24, 2.45) is 5.92 Å². The van der Waals surface area contributed by atoms with E-state index in [1.54, 1.807) is 11.3 Å². The molecule has 1 rings (SSSR count). The summed E-state index contributed by atoms with van der Waals surface area (Å²) in [6, 6.07) is 4.45. The van der Waals surface area contributed by atoms with Gasteiger partial charge in [0.1, 0.15) is 0 Å². The molecule has 120 valence electrons. The number of carbonyl (C=O) groups excluding carboxylic acids is 1. The summed E-state index contributed by atoms with van der Waals surface area (Å²) < 4.78 is 0. The molecule has 0 bridgehead atoms. The normalized spacial score (nSPS) is 13.1. The molecular weight excluding hydrogens is 284 g/mol. The second-order valence-electron chi connectivity index (χ2n) is 5.95. The lowest BCUT2D eigenvalue weighted by Gasteiger charge is -2.27. The molecule has 0 aliphatic heterocycles. The molecule has 0 saturated heterocycles. The fraction of sp³-hybridized carbons (Fsp3) is 0.688. The zero-order valence-electron chi connectivity index (χ0n) is 13.5. The number of thiophene rings is 1. The largest absolute Gasteiger partial charge is 0.396 e. The second-order valence-corrected chi connectivity index (χ2v) is 6.93. The number of aliphatic hydroxyl groups excluding tert-OH is 1. The van der Waals surface area contributed by atoms with Crippen LogP contribution in [0.1, 0.15) is 45.0 Å². The predicted molar refractivity (Wildman–Crippen MR) is 88.5 cm³/mol. The molecule has 21 heavy (non-hydrogen) atoms. The highest BCUT2D eigenvalue weighted by atomic mass is 32.1. The van der Waals surface area contributed by atoms with Crippen molar-refractivity contribution in [3.05, 3.63) is 22.4 Å². The summed E-state index contributed by atoms with van der Waals surface area (Å²) in [5.41, 5.74) is 0. The Balaban J connectivity index is 2.60. The van der Waals surface area contributed by atoms with Gasteiger partial charge in [0, 0.05) is 24.1 Å². The Labute approximate surface area is 132 Å². The van der Waals surface area contributed by atoms with E-state index in [1.165, 1.54) is 4.88 Å². The number of nitrogens with zero attached hydrogens (tertiary/aromatic N) is 1. The minimum atomic E-state index is 0.0498. The minimum absolute atomic E-state index is 0.0498. The van der Waals surface area contributed by atoms with E-state index in [0.29, 0.717) is 24.9 Å². The molecule has 0 fully saturated rings. The third kappa shape index (κ3) is 6.16. The lowest BCUT2D eigenvalue weighted by atomic mass is 10.0. The van der Waals surface area contributed by atoms with Gasteiger partial charge in [0.15, 0.2) is 0 Å². The molecule has 0 aliphatic rings. The Morgan fingerprint density at radius 2 is 2.10 bits per heavy atom. The van der Waals surface area contributed by atoms with Crippen LogP contribution in [0.25, 0.3) is 0 Å². The van der Waals surface area contributed by atoms with Crippen molar-refractivity contribution in [1.29, 1.82) is 0 Å². The Bertz CT molecular complexity index is 404. The van der Waals surface area contributed by atoms with Gasteiger partial charge in [-0.3, -0.25) is 9.69 Å². The van der Waals surface area contributed by atoms with Crippen LogP contribution >= 0.6 is 11.3 Å². The molecule has 0 saturated carbocycles. The van der Waals surface area contributed by atoms with E-state index in [2.05, 4.69) is 44.0 Å². The van der Waals surface area contributed by atoms with Crippen molar-refractivity contribution in [2.75, 3.05) is 19.7 Å². The fourth-order valence-electron chi connectivity index (χ4n) is 2.23. The van der Waals surface area contributed by atoms with Crippen LogP contribution in [0.4, 0.5) is 0 Å². The van der Waals surface area contributed by atoms with E-state index in [9.17, 15) is 4.79 Å². The fourth-order valence-corrected chi connectivity index (χ4v) is 3.18. The molecule has 0 aromatic carbocycles. The van der Waals surface area contributed by atoms with Gasteiger partial charge in [-0.05, 0) is 37.6 Å². The molecule has 0 aliphatic carbocycles. The van der Waals surface area contributed by atoms with Crippen LogP contribution < -0.4 is 5.32 Å². The van der Waals surface area contributed by atoms with Gasteiger partial charge in [-0.1, -0.05) is 19.9 Å². The number of nitrogens with one attached hydrogen (secondary N) is 1. The van der Waals surface area contributed by atoms with Gasteiger partial charge in [-0.2, -0.15) is 0 Å². The molecule has 1 aromatic heterocycles. The van der Waals surface area contributed by atoms with Gasteiger partial charge >= 0.3 is 0 Å². The van der Waals surface area contributed by atoms with Gasteiger partial charge in [0.2, 0.25) is 5.91 Å². The quantitative estimate of drug-likeness (QED) is 0.737. The molecule has 1 amide bonds. The Morgan fingerprint density at radius 1 is 1.38 bits per heavy atom. The van der Waals surface area contributed by atoms with Gasteiger partial charge in [-0.15, -0.1) is 11.3 Å². The maximum Gasteiger partial charge on any atom is 0.234 e. The molecule has 2 N–H and O–H groups in total. The summed E-state index contributed by atoms with van der Waals surface area (Å²) in [7, 11) is 0. The van der Waals surface area contributed by atoms with E-state index in [0.717, 1.165) is 6.54 Å². The molecule has 1 heterocycles. The summed E-state index contributed by atoms with van der Waals surface area (Å²) >= 11 is 1.68. The van der Waals surface area contributed by atoms with Crippen molar-refractivity contribution < 1.29 is 9.90 Å². The third-order valence-corrected chi connectivity index (χ3v) is 4.47. The Kier molecular flexibility index (Phi) is 7.93. The second kappa shape index (κ2) is 9.18. The number of amides is 1. The highest BCUT2D eigenvalue weighted by Crippen LogP contribution is 2.25. The highest BCUT2D eigenvalue weighted by molar-refractivity contribution is 7.10. The number of aliphatic hydroxyl groups is 1. The molecule has 1 unspecified atom stereocenters. The summed E-state index contributed by atoms with van der Waals surface area (Å²) in [6.07, 6.45) is 0.698. The molecule has 0 spiro atoms. The number of hydrogen-bond donors (Lipinski definition) is 2. The summed E-state index contributed by atoms with van der Waals surface area (Å²) in [6.45, 7) is 9.68. The molecule has 5 heteroatoms. The first-order chi connectivity index (χ1) is 9.95. The van der Waals surface area contributed by atoms with E-state index >= 15 is 0 Å². The van der Waals surface area contributed by atoms with Gasteiger partial charge in [-0.25, -0.2) is 0 Å². The van der Waals surface area contributed by atoms with Crippen molar-refractivity contribution in [2.45, 2.75) is 46.2 Å². The number of hydrogen-bond acceptors (Lipinski definition) is 4. The van der Waals surface area contributed by atoms with Crippen molar-refractivity contribution >= 4 is 17.2 Å². The van der Waals surface area contributed by atoms with Crippen LogP contribution in [-0.4, -0.2) is 41.7 Å². The standard InChI is InChI=1S/C16H28N2O2S/c1-12(2)16(14-7-5-10-21-14)17-15(20)11-18(13(3)4)8-6-9-19/h5,7,10,12-13,16,19H,6,8-9,11H2,1-4H3,(H,17,20). The first kappa shape index (κ1) is 18.1. The van der Waals surface area contributed by atoms with Crippen LogP contribution in [0, 0.1) is 5.92 Å². The first-order valence-corrected chi connectivity index (χ1v) is 8.51. The van der Waals surface area contributed by atoms with Crippen LogP contribution in [-0.2, 0) is 4.79 Å². The SMILES string of the molecule is CC(C)C(NC(=O)CN(CCCO)C(C)C)c1cccs1. The molecular formula is C16H28N2O2S. The van der Waals surface area contributed by atoms with Crippen molar-refractivity contribution in [3.8, 4) is 0 Å². The lowest BCUT2D eigenvalue weighted by molar-refractivity contribution is -0.123. The van der Waals surface area contributed by atoms with Crippen LogP contribution in [0.3, 0.4) is 0 Å². The summed E-state index contributed by atoms with van der Waals surface area (Å²) in [5.74, 6) is 0.409. The topological polar surface area (TPSA) is 52.6 Å². The van der Waals surface area contributed by atoms with Crippen LogP contribution in [0.2, 0.25) is 0 Å². The van der Waals surface area contributed by atoms with Gasteiger partial charge in [0.05, 0.1) is 12.6 Å². The van der Waals surface area contributed by atoms with E-state index in [1.807, 2.05) is 11.4 Å². The highest BCUT2D eigenvalue weighted by Gasteiger charge is 2.21.